The molecule has 6 nitrogen and oxygen atoms in total. The van der Waals surface area contributed by atoms with Crippen molar-refractivity contribution in [2.75, 3.05) is 32.7 Å². The Morgan fingerprint density at radius 2 is 1.54 bits per heavy atom. The van der Waals surface area contributed by atoms with Crippen molar-refractivity contribution in [1.82, 2.24) is 14.5 Å². The summed E-state index contributed by atoms with van der Waals surface area (Å²) in [5.74, 6) is 0.268. The number of carbonyl (C=O) groups is 1. The Balaban J connectivity index is 1.52. The molecule has 1 saturated heterocycles. The van der Waals surface area contributed by atoms with E-state index in [1.807, 2.05) is 18.2 Å². The molecule has 3 rings (SSSR count). The lowest BCUT2D eigenvalue weighted by Crippen LogP contribution is -2.53. The molecule has 0 spiro atoms. The van der Waals surface area contributed by atoms with Crippen molar-refractivity contribution < 1.29 is 13.2 Å². The molecule has 1 N–H and O–H groups in total. The average Bonchev–Trinajstić information content (AvgIpc) is 2.75. The summed E-state index contributed by atoms with van der Waals surface area (Å²) in [6.45, 7) is 4.07. The van der Waals surface area contributed by atoms with E-state index in [0.717, 1.165) is 6.42 Å². The number of piperazine rings is 1. The number of amides is 2. The minimum Gasteiger partial charge on any atom is -0.337 e. The predicted octanol–water partition coefficient (Wildman–Crippen LogP) is 2.90. The molecule has 2 amide bonds. The van der Waals surface area contributed by atoms with Crippen LogP contribution in [0.2, 0.25) is 0 Å². The first-order valence-corrected chi connectivity index (χ1v) is 11.1. The maximum absolute atomic E-state index is 12.7. The molecule has 0 saturated carbocycles. The van der Waals surface area contributed by atoms with Crippen molar-refractivity contribution in [3.8, 4) is 0 Å². The number of urea groups is 1. The smallest absolute Gasteiger partial charge is 0.317 e. The second-order valence-corrected chi connectivity index (χ2v) is 8.84. The highest BCUT2D eigenvalue weighted by Crippen LogP contribution is 2.19. The lowest BCUT2D eigenvalue weighted by atomic mass is 9.97. The van der Waals surface area contributed by atoms with Gasteiger partial charge in [-0.25, -0.2) is 13.2 Å². The number of benzene rings is 2. The van der Waals surface area contributed by atoms with Gasteiger partial charge in [-0.2, -0.15) is 4.31 Å². The number of nitrogens with one attached hydrogen (secondary N) is 1. The van der Waals surface area contributed by atoms with Crippen molar-refractivity contribution in [2.45, 2.75) is 24.2 Å². The van der Waals surface area contributed by atoms with Gasteiger partial charge in [0.2, 0.25) is 10.0 Å². The monoisotopic (exact) mass is 401 g/mol. The summed E-state index contributed by atoms with van der Waals surface area (Å²) in [5.41, 5.74) is 1.21. The van der Waals surface area contributed by atoms with Gasteiger partial charge in [0.25, 0.3) is 0 Å². The van der Waals surface area contributed by atoms with Gasteiger partial charge in [0.05, 0.1) is 4.90 Å². The maximum Gasteiger partial charge on any atom is 0.317 e. The van der Waals surface area contributed by atoms with Crippen LogP contribution in [-0.2, 0) is 10.0 Å². The van der Waals surface area contributed by atoms with Crippen molar-refractivity contribution in [3.05, 3.63) is 66.2 Å². The molecule has 2 aromatic rings. The van der Waals surface area contributed by atoms with Crippen molar-refractivity contribution in [2.24, 2.45) is 0 Å². The fourth-order valence-corrected chi connectivity index (χ4v) is 4.86. The van der Waals surface area contributed by atoms with E-state index in [0.29, 0.717) is 37.6 Å². The summed E-state index contributed by atoms with van der Waals surface area (Å²) in [6, 6.07) is 18.4. The van der Waals surface area contributed by atoms with E-state index in [4.69, 9.17) is 0 Å². The number of hydrogen-bond acceptors (Lipinski definition) is 3. The van der Waals surface area contributed by atoms with E-state index in [9.17, 15) is 13.2 Å². The van der Waals surface area contributed by atoms with Crippen molar-refractivity contribution in [1.29, 1.82) is 0 Å². The minimum absolute atomic E-state index is 0.133. The molecule has 0 radical (unpaired) electrons. The van der Waals surface area contributed by atoms with Crippen molar-refractivity contribution in [3.63, 3.8) is 0 Å². The highest BCUT2D eigenvalue weighted by atomic mass is 32.2. The fourth-order valence-electron chi connectivity index (χ4n) is 3.42. The number of carbonyl (C=O) groups excluding carboxylic acids is 1. The highest BCUT2D eigenvalue weighted by molar-refractivity contribution is 7.89. The van der Waals surface area contributed by atoms with Gasteiger partial charge >= 0.3 is 6.03 Å². The number of hydrogen-bond donors (Lipinski definition) is 1. The van der Waals surface area contributed by atoms with Gasteiger partial charge in [0, 0.05) is 38.6 Å². The molecule has 1 heterocycles. The molecule has 0 bridgehead atoms. The van der Waals surface area contributed by atoms with E-state index in [2.05, 4.69) is 24.4 Å². The zero-order valence-corrected chi connectivity index (χ0v) is 16.9. The van der Waals surface area contributed by atoms with Gasteiger partial charge in [0.1, 0.15) is 0 Å². The van der Waals surface area contributed by atoms with Crippen LogP contribution in [0.1, 0.15) is 24.8 Å². The summed E-state index contributed by atoms with van der Waals surface area (Å²) in [7, 11) is -3.50. The molecule has 1 atom stereocenters. The van der Waals surface area contributed by atoms with Crippen LogP contribution >= 0.6 is 0 Å². The Morgan fingerprint density at radius 3 is 2.11 bits per heavy atom. The molecule has 0 aliphatic carbocycles. The average molecular weight is 402 g/mol. The lowest BCUT2D eigenvalue weighted by Gasteiger charge is -2.34. The van der Waals surface area contributed by atoms with Gasteiger partial charge in [-0.3, -0.25) is 0 Å². The summed E-state index contributed by atoms with van der Waals surface area (Å²) in [6.07, 6.45) is 0.938. The van der Waals surface area contributed by atoms with E-state index in [-0.39, 0.29) is 11.9 Å². The molecule has 28 heavy (non-hydrogen) atoms. The Labute approximate surface area is 167 Å². The third kappa shape index (κ3) is 4.72. The minimum atomic E-state index is -3.50. The summed E-state index contributed by atoms with van der Waals surface area (Å²) < 4.78 is 26.8. The fraction of sp³-hybridized carbons (Fsp3) is 0.381. The molecule has 0 unspecified atom stereocenters. The van der Waals surface area contributed by atoms with E-state index < -0.39 is 10.0 Å². The van der Waals surface area contributed by atoms with Gasteiger partial charge in [-0.15, -0.1) is 0 Å². The Bertz CT molecular complexity index is 864. The normalized spacial score (nSPS) is 16.5. The maximum atomic E-state index is 12.7. The number of sulfonamides is 1. The molecule has 0 aromatic heterocycles. The first-order valence-electron chi connectivity index (χ1n) is 9.65. The van der Waals surface area contributed by atoms with Crippen LogP contribution in [0, 0.1) is 0 Å². The zero-order valence-electron chi connectivity index (χ0n) is 16.1. The second kappa shape index (κ2) is 9.21. The topological polar surface area (TPSA) is 69.7 Å². The number of rotatable bonds is 6. The van der Waals surface area contributed by atoms with Crippen LogP contribution in [-0.4, -0.2) is 56.4 Å². The first kappa shape index (κ1) is 20.4. The molecule has 1 fully saturated rings. The Hall–Kier alpha value is -2.38. The molecular weight excluding hydrogens is 374 g/mol. The molecule has 150 valence electrons. The van der Waals surface area contributed by atoms with Crippen LogP contribution in [0.3, 0.4) is 0 Å². The van der Waals surface area contributed by atoms with E-state index >= 15 is 0 Å². The Kier molecular flexibility index (Phi) is 6.70. The first-order chi connectivity index (χ1) is 13.5. The standard InChI is InChI=1S/C21H27N3O3S/c1-2-18(19-9-5-3-6-10-19)17-22-21(25)23-13-15-24(16-14-23)28(26,27)20-11-7-4-8-12-20/h3-12,18H,2,13-17H2,1H3,(H,22,25)/t18-/m1/s1. The van der Waals surface area contributed by atoms with E-state index in [1.165, 1.54) is 9.87 Å². The zero-order chi connectivity index (χ0) is 20.0. The number of nitrogens with zero attached hydrogens (tertiary/aromatic N) is 2. The van der Waals surface area contributed by atoms with Crippen molar-refractivity contribution >= 4 is 16.1 Å². The van der Waals surface area contributed by atoms with Crippen LogP contribution in [0.25, 0.3) is 0 Å². The summed E-state index contributed by atoms with van der Waals surface area (Å²) in [5, 5.41) is 3.01. The molecule has 1 aliphatic rings. The largest absolute Gasteiger partial charge is 0.337 e. The molecule has 7 heteroatoms. The summed E-state index contributed by atoms with van der Waals surface area (Å²) >= 11 is 0. The van der Waals surface area contributed by atoms with Crippen LogP contribution in [0.5, 0.6) is 0 Å². The van der Waals surface area contributed by atoms with E-state index in [1.54, 1.807) is 35.2 Å². The highest BCUT2D eigenvalue weighted by Gasteiger charge is 2.30. The quantitative estimate of drug-likeness (QED) is 0.809. The molecule has 1 aliphatic heterocycles. The van der Waals surface area contributed by atoms with Gasteiger partial charge in [-0.1, -0.05) is 55.5 Å². The SMILES string of the molecule is CC[C@H](CNC(=O)N1CCN(S(=O)(=O)c2ccccc2)CC1)c1ccccc1. The lowest BCUT2D eigenvalue weighted by molar-refractivity contribution is 0.171. The third-order valence-corrected chi connectivity index (χ3v) is 7.08. The predicted molar refractivity (Wildman–Crippen MR) is 110 cm³/mol. The van der Waals surface area contributed by atoms with Crippen LogP contribution < -0.4 is 5.32 Å². The molecular formula is C21H27N3O3S. The van der Waals surface area contributed by atoms with Gasteiger partial charge in [0.15, 0.2) is 0 Å². The summed E-state index contributed by atoms with van der Waals surface area (Å²) in [4.78, 5) is 14.5. The third-order valence-electron chi connectivity index (χ3n) is 5.17. The van der Waals surface area contributed by atoms with Crippen LogP contribution in [0.4, 0.5) is 4.79 Å². The second-order valence-electron chi connectivity index (χ2n) is 6.91. The molecule has 2 aromatic carbocycles. The van der Waals surface area contributed by atoms with Gasteiger partial charge in [-0.05, 0) is 24.1 Å². The van der Waals surface area contributed by atoms with Gasteiger partial charge < -0.3 is 10.2 Å². The van der Waals surface area contributed by atoms with Crippen LogP contribution in [0.15, 0.2) is 65.6 Å². The Morgan fingerprint density at radius 1 is 0.964 bits per heavy atom.